The number of hydrogen-bond acceptors (Lipinski definition) is 3. The van der Waals surface area contributed by atoms with E-state index < -0.39 is 0 Å². The van der Waals surface area contributed by atoms with Crippen molar-refractivity contribution in [3.63, 3.8) is 0 Å². The van der Waals surface area contributed by atoms with Crippen LogP contribution in [0.1, 0.15) is 58.2 Å². The van der Waals surface area contributed by atoms with E-state index in [-0.39, 0.29) is 5.54 Å². The number of hydrogen-bond donors (Lipinski definition) is 1. The molecule has 0 saturated heterocycles. The van der Waals surface area contributed by atoms with Gasteiger partial charge in [-0.2, -0.15) is 0 Å². The van der Waals surface area contributed by atoms with Crippen molar-refractivity contribution in [3.05, 3.63) is 17.0 Å². The van der Waals surface area contributed by atoms with E-state index in [1.165, 1.54) is 25.7 Å². The fourth-order valence-corrected chi connectivity index (χ4v) is 2.54. The van der Waals surface area contributed by atoms with Crippen molar-refractivity contribution in [2.45, 2.75) is 57.9 Å². The minimum atomic E-state index is 0.173. The molecule has 1 aromatic heterocycles. The molecule has 1 aliphatic rings. The molecule has 0 bridgehead atoms. The van der Waals surface area contributed by atoms with Gasteiger partial charge in [-0.15, -0.1) is 0 Å². The molecule has 94 valence electrons. The van der Waals surface area contributed by atoms with Crippen LogP contribution in [0.5, 0.6) is 0 Å². The molecule has 0 radical (unpaired) electrons. The summed E-state index contributed by atoms with van der Waals surface area (Å²) in [5.41, 5.74) is 0.173. The van der Waals surface area contributed by atoms with Crippen LogP contribution in [0.3, 0.4) is 0 Å². The third-order valence-corrected chi connectivity index (χ3v) is 3.56. The summed E-state index contributed by atoms with van der Waals surface area (Å²) in [7, 11) is 0. The average molecular weight is 254 g/mol. The Morgan fingerprint density at radius 2 is 1.94 bits per heavy atom. The molecule has 1 heterocycles. The number of nitrogens with one attached hydrogen (secondary N) is 1. The summed E-state index contributed by atoms with van der Waals surface area (Å²) in [6, 6.07) is 1.82. The normalized spacial score (nSPS) is 18.6. The van der Waals surface area contributed by atoms with E-state index in [0.717, 1.165) is 11.6 Å². The van der Waals surface area contributed by atoms with Crippen molar-refractivity contribution in [2.24, 2.45) is 0 Å². The second-order valence-electron chi connectivity index (χ2n) is 5.48. The van der Waals surface area contributed by atoms with E-state index in [1.54, 1.807) is 0 Å². The molecule has 1 fully saturated rings. The van der Waals surface area contributed by atoms with Crippen LogP contribution in [0, 0.1) is 0 Å². The summed E-state index contributed by atoms with van der Waals surface area (Å²) in [5.74, 6) is 1.96. The second kappa shape index (κ2) is 4.81. The predicted octanol–water partition coefficient (Wildman–Crippen LogP) is 4.00. The molecule has 0 spiro atoms. The SMILES string of the molecule is CC(C)c1nc(Cl)cc(NC2(C)CCCC2)n1. The van der Waals surface area contributed by atoms with Gasteiger partial charge in [0.1, 0.15) is 16.8 Å². The summed E-state index contributed by atoms with van der Waals surface area (Å²) in [6.45, 7) is 6.41. The molecule has 1 saturated carbocycles. The first-order valence-electron chi connectivity index (χ1n) is 6.31. The van der Waals surface area contributed by atoms with Gasteiger partial charge < -0.3 is 5.32 Å². The number of aromatic nitrogens is 2. The first kappa shape index (κ1) is 12.6. The number of anilines is 1. The number of rotatable bonds is 3. The first-order valence-corrected chi connectivity index (χ1v) is 6.69. The molecular formula is C13H20ClN3. The van der Waals surface area contributed by atoms with Crippen LogP contribution in [-0.4, -0.2) is 15.5 Å². The van der Waals surface area contributed by atoms with Crippen LogP contribution in [-0.2, 0) is 0 Å². The van der Waals surface area contributed by atoms with Crippen molar-refractivity contribution < 1.29 is 0 Å². The van der Waals surface area contributed by atoms with E-state index in [1.807, 2.05) is 6.07 Å². The fourth-order valence-electron chi connectivity index (χ4n) is 2.35. The minimum absolute atomic E-state index is 0.173. The average Bonchev–Trinajstić information content (AvgIpc) is 2.63. The third kappa shape index (κ3) is 3.09. The van der Waals surface area contributed by atoms with Gasteiger partial charge in [0, 0.05) is 17.5 Å². The molecule has 0 atom stereocenters. The second-order valence-corrected chi connectivity index (χ2v) is 5.87. The van der Waals surface area contributed by atoms with Gasteiger partial charge in [0.05, 0.1) is 0 Å². The topological polar surface area (TPSA) is 37.8 Å². The van der Waals surface area contributed by atoms with Crippen molar-refractivity contribution in [1.29, 1.82) is 0 Å². The maximum Gasteiger partial charge on any atom is 0.135 e. The molecule has 2 rings (SSSR count). The van der Waals surface area contributed by atoms with Crippen LogP contribution in [0.25, 0.3) is 0 Å². The molecule has 17 heavy (non-hydrogen) atoms. The maximum atomic E-state index is 6.03. The lowest BCUT2D eigenvalue weighted by molar-refractivity contribution is 0.530. The van der Waals surface area contributed by atoms with Gasteiger partial charge >= 0.3 is 0 Å². The van der Waals surface area contributed by atoms with Crippen LogP contribution < -0.4 is 5.32 Å². The Kier molecular flexibility index (Phi) is 3.57. The summed E-state index contributed by atoms with van der Waals surface area (Å²) in [4.78, 5) is 8.78. The minimum Gasteiger partial charge on any atom is -0.365 e. The van der Waals surface area contributed by atoms with Crippen molar-refractivity contribution in [1.82, 2.24) is 9.97 Å². The molecule has 0 aromatic carbocycles. The van der Waals surface area contributed by atoms with E-state index in [9.17, 15) is 0 Å². The van der Waals surface area contributed by atoms with Crippen molar-refractivity contribution in [3.8, 4) is 0 Å². The smallest absolute Gasteiger partial charge is 0.135 e. The molecular weight excluding hydrogens is 234 g/mol. The van der Waals surface area contributed by atoms with E-state index in [4.69, 9.17) is 11.6 Å². The van der Waals surface area contributed by atoms with Crippen LogP contribution >= 0.6 is 11.6 Å². The Balaban J connectivity index is 2.20. The highest BCUT2D eigenvalue weighted by Crippen LogP contribution is 2.32. The van der Waals surface area contributed by atoms with Gasteiger partial charge in [0.15, 0.2) is 0 Å². The number of nitrogens with zero attached hydrogens (tertiary/aromatic N) is 2. The Morgan fingerprint density at radius 3 is 2.53 bits per heavy atom. The Labute approximate surface area is 108 Å². The lowest BCUT2D eigenvalue weighted by atomic mass is 10.0. The lowest BCUT2D eigenvalue weighted by Crippen LogP contribution is -2.31. The molecule has 3 nitrogen and oxygen atoms in total. The van der Waals surface area contributed by atoms with Crippen LogP contribution in [0.15, 0.2) is 6.07 Å². The van der Waals surface area contributed by atoms with Crippen molar-refractivity contribution >= 4 is 17.4 Å². The molecule has 0 amide bonds. The lowest BCUT2D eigenvalue weighted by Gasteiger charge is -2.26. The molecule has 1 aliphatic carbocycles. The zero-order valence-electron chi connectivity index (χ0n) is 10.8. The number of halogens is 1. The quantitative estimate of drug-likeness (QED) is 0.828. The van der Waals surface area contributed by atoms with Gasteiger partial charge in [-0.25, -0.2) is 9.97 Å². The van der Waals surface area contributed by atoms with Gasteiger partial charge in [-0.1, -0.05) is 38.3 Å². The Bertz CT molecular complexity index is 398. The van der Waals surface area contributed by atoms with E-state index >= 15 is 0 Å². The third-order valence-electron chi connectivity index (χ3n) is 3.37. The first-order chi connectivity index (χ1) is 7.98. The predicted molar refractivity (Wildman–Crippen MR) is 71.6 cm³/mol. The molecule has 0 aliphatic heterocycles. The largest absolute Gasteiger partial charge is 0.365 e. The summed E-state index contributed by atoms with van der Waals surface area (Å²) < 4.78 is 0. The summed E-state index contributed by atoms with van der Waals surface area (Å²) >= 11 is 6.03. The Morgan fingerprint density at radius 1 is 1.29 bits per heavy atom. The van der Waals surface area contributed by atoms with E-state index in [2.05, 4.69) is 36.1 Å². The molecule has 1 N–H and O–H groups in total. The zero-order valence-corrected chi connectivity index (χ0v) is 11.5. The van der Waals surface area contributed by atoms with Crippen LogP contribution in [0.4, 0.5) is 5.82 Å². The maximum absolute atomic E-state index is 6.03. The monoisotopic (exact) mass is 253 g/mol. The molecule has 0 unspecified atom stereocenters. The summed E-state index contributed by atoms with van der Waals surface area (Å²) in [5, 5.41) is 4.04. The fraction of sp³-hybridized carbons (Fsp3) is 0.692. The standard InChI is InChI=1S/C13H20ClN3/c1-9(2)12-15-10(14)8-11(16-12)17-13(3)6-4-5-7-13/h8-9H,4-7H2,1-3H3,(H,15,16,17). The molecule has 4 heteroatoms. The highest BCUT2D eigenvalue weighted by atomic mass is 35.5. The van der Waals surface area contributed by atoms with E-state index in [0.29, 0.717) is 11.1 Å². The molecule has 1 aromatic rings. The van der Waals surface area contributed by atoms with Crippen LogP contribution in [0.2, 0.25) is 5.15 Å². The summed E-state index contributed by atoms with van der Waals surface area (Å²) in [6.07, 6.45) is 4.98. The van der Waals surface area contributed by atoms with Gasteiger partial charge in [-0.3, -0.25) is 0 Å². The Hall–Kier alpha value is -0.830. The van der Waals surface area contributed by atoms with Gasteiger partial charge in [-0.05, 0) is 19.8 Å². The highest BCUT2D eigenvalue weighted by molar-refractivity contribution is 6.29. The van der Waals surface area contributed by atoms with Gasteiger partial charge in [0.2, 0.25) is 0 Å². The van der Waals surface area contributed by atoms with Gasteiger partial charge in [0.25, 0.3) is 0 Å². The highest BCUT2D eigenvalue weighted by Gasteiger charge is 2.28. The van der Waals surface area contributed by atoms with Crippen molar-refractivity contribution in [2.75, 3.05) is 5.32 Å². The zero-order chi connectivity index (χ0) is 12.5.